The molecular formula is C23H23N7O4. The molecule has 174 valence electrons. The van der Waals surface area contributed by atoms with Crippen molar-refractivity contribution in [3.8, 4) is 0 Å². The molecule has 4 rings (SSSR count). The van der Waals surface area contributed by atoms with E-state index in [2.05, 4.69) is 26.4 Å². The highest BCUT2D eigenvalue weighted by molar-refractivity contribution is 6.39. The zero-order valence-corrected chi connectivity index (χ0v) is 18.8. The Morgan fingerprint density at radius 2 is 1.56 bits per heavy atom. The van der Waals surface area contributed by atoms with Crippen LogP contribution in [0.2, 0.25) is 0 Å². The fraction of sp³-hybridized carbons (Fsp3) is 0.217. The molecule has 1 aromatic heterocycles. The molecule has 34 heavy (non-hydrogen) atoms. The number of rotatable bonds is 4. The Hall–Kier alpha value is -4.54. The fourth-order valence-corrected chi connectivity index (χ4v) is 3.46. The smallest absolute Gasteiger partial charge is 0.270 e. The van der Waals surface area contributed by atoms with Gasteiger partial charge in [0.05, 0.1) is 17.1 Å². The Kier molecular flexibility index (Phi) is 6.09. The van der Waals surface area contributed by atoms with E-state index in [1.54, 1.807) is 75.4 Å². The molecule has 0 radical (unpaired) electrons. The van der Waals surface area contributed by atoms with Crippen LogP contribution in [0.15, 0.2) is 64.4 Å². The quantitative estimate of drug-likeness (QED) is 0.497. The third kappa shape index (κ3) is 4.22. The van der Waals surface area contributed by atoms with E-state index >= 15 is 0 Å². The van der Waals surface area contributed by atoms with E-state index in [1.807, 2.05) is 0 Å². The number of carbonyl (C=O) groups excluding carboxylic acids is 3. The number of nitrogens with zero attached hydrogens (tertiary/aromatic N) is 4. The fourth-order valence-electron chi connectivity index (χ4n) is 3.46. The van der Waals surface area contributed by atoms with E-state index in [0.29, 0.717) is 16.5 Å². The molecule has 0 aliphatic carbocycles. The summed E-state index contributed by atoms with van der Waals surface area (Å²) >= 11 is 0. The highest BCUT2D eigenvalue weighted by Crippen LogP contribution is 2.16. The minimum atomic E-state index is -0.807. The standard InChI is InChI=1S/C23H23N7O4/c1-13(2)29-23(34)17-12-8-7-11-16(17)18(27-29)20(31)25-26-21(32)19-24-14(3)22(33)30(28-19)15-9-5-4-6-10-15/h4-14H,1-3H3,(H,24,28)(H,25,31)(H,26,32). The number of hydrazine groups is 2. The van der Waals surface area contributed by atoms with Gasteiger partial charge in [-0.3, -0.25) is 35.5 Å². The Labute approximate surface area is 194 Å². The molecule has 0 saturated carbocycles. The second kappa shape index (κ2) is 9.14. The number of para-hydroxylation sites is 1. The van der Waals surface area contributed by atoms with Crippen molar-refractivity contribution in [3.63, 3.8) is 0 Å². The maximum atomic E-state index is 12.9. The molecule has 11 nitrogen and oxygen atoms in total. The molecule has 3 aromatic rings. The second-order valence-corrected chi connectivity index (χ2v) is 7.92. The summed E-state index contributed by atoms with van der Waals surface area (Å²) in [6.07, 6.45) is 0. The lowest BCUT2D eigenvalue weighted by molar-refractivity contribution is -0.120. The van der Waals surface area contributed by atoms with Crippen LogP contribution >= 0.6 is 0 Å². The number of anilines is 1. The number of aromatic nitrogens is 2. The molecule has 2 aromatic carbocycles. The number of hydrogen-bond donors (Lipinski definition) is 3. The summed E-state index contributed by atoms with van der Waals surface area (Å²) in [6.45, 7) is 5.12. The molecular weight excluding hydrogens is 438 g/mol. The molecule has 3 amide bonds. The third-order valence-electron chi connectivity index (χ3n) is 5.17. The van der Waals surface area contributed by atoms with Crippen LogP contribution in [-0.2, 0) is 9.59 Å². The van der Waals surface area contributed by atoms with Crippen LogP contribution in [0.25, 0.3) is 10.8 Å². The highest BCUT2D eigenvalue weighted by atomic mass is 16.2. The summed E-state index contributed by atoms with van der Waals surface area (Å²) in [5, 5.41) is 6.13. The number of hydrogen-bond acceptors (Lipinski definition) is 7. The first-order valence-electron chi connectivity index (χ1n) is 10.6. The summed E-state index contributed by atoms with van der Waals surface area (Å²) in [7, 11) is 0. The van der Waals surface area contributed by atoms with Gasteiger partial charge in [0, 0.05) is 5.39 Å². The first-order chi connectivity index (χ1) is 16.3. The summed E-state index contributed by atoms with van der Waals surface area (Å²) in [5.41, 5.74) is 7.49. The van der Waals surface area contributed by atoms with Crippen LogP contribution in [0, 0.1) is 0 Å². The van der Waals surface area contributed by atoms with Crippen LogP contribution in [0.3, 0.4) is 0 Å². The zero-order chi connectivity index (χ0) is 24.4. The Morgan fingerprint density at radius 1 is 0.941 bits per heavy atom. The van der Waals surface area contributed by atoms with Gasteiger partial charge in [-0.05, 0) is 39.0 Å². The molecule has 0 saturated heterocycles. The number of aliphatic imine (C=N–C) groups is 1. The van der Waals surface area contributed by atoms with Gasteiger partial charge in [0.2, 0.25) is 5.84 Å². The number of nitrogens with one attached hydrogen (secondary N) is 3. The average Bonchev–Trinajstić information content (AvgIpc) is 2.84. The minimum absolute atomic E-state index is 0.0165. The Bertz CT molecular complexity index is 1360. The first-order valence-corrected chi connectivity index (χ1v) is 10.6. The van der Waals surface area contributed by atoms with Crippen molar-refractivity contribution in [1.29, 1.82) is 0 Å². The molecule has 0 bridgehead atoms. The maximum Gasteiger partial charge on any atom is 0.306 e. The highest BCUT2D eigenvalue weighted by Gasteiger charge is 2.31. The number of amidine groups is 1. The van der Waals surface area contributed by atoms with Crippen LogP contribution in [0.4, 0.5) is 5.69 Å². The molecule has 0 fully saturated rings. The normalized spacial score (nSPS) is 15.6. The lowest BCUT2D eigenvalue weighted by atomic mass is 10.1. The molecule has 3 N–H and O–H groups in total. The topological polar surface area (TPSA) is 138 Å². The first kappa shape index (κ1) is 22.6. The van der Waals surface area contributed by atoms with E-state index in [9.17, 15) is 19.2 Å². The third-order valence-corrected chi connectivity index (χ3v) is 5.17. The van der Waals surface area contributed by atoms with Gasteiger partial charge in [-0.1, -0.05) is 36.4 Å². The van der Waals surface area contributed by atoms with Gasteiger partial charge in [-0.2, -0.15) is 5.10 Å². The summed E-state index contributed by atoms with van der Waals surface area (Å²) in [4.78, 5) is 54.9. The van der Waals surface area contributed by atoms with Gasteiger partial charge in [0.15, 0.2) is 5.69 Å². The van der Waals surface area contributed by atoms with E-state index in [0.717, 1.165) is 0 Å². The van der Waals surface area contributed by atoms with Crippen LogP contribution < -0.4 is 26.8 Å². The van der Waals surface area contributed by atoms with Crippen molar-refractivity contribution in [1.82, 2.24) is 26.1 Å². The van der Waals surface area contributed by atoms with Crippen molar-refractivity contribution >= 4 is 40.0 Å². The Morgan fingerprint density at radius 3 is 2.24 bits per heavy atom. The van der Waals surface area contributed by atoms with Crippen LogP contribution in [0.1, 0.15) is 37.3 Å². The molecule has 1 atom stereocenters. The Balaban J connectivity index is 1.55. The molecule has 2 heterocycles. The average molecular weight is 461 g/mol. The number of fused-ring (bicyclic) bond motifs is 1. The lowest BCUT2D eigenvalue weighted by Crippen LogP contribution is -2.59. The number of carbonyl (C=O) groups is 3. The van der Waals surface area contributed by atoms with Crippen molar-refractivity contribution in [3.05, 3.63) is 70.6 Å². The predicted molar refractivity (Wildman–Crippen MR) is 126 cm³/mol. The summed E-state index contributed by atoms with van der Waals surface area (Å²) in [5.74, 6) is -1.95. The van der Waals surface area contributed by atoms with Gasteiger partial charge in [-0.15, -0.1) is 0 Å². The van der Waals surface area contributed by atoms with Crippen molar-refractivity contribution in [2.75, 3.05) is 5.01 Å². The largest absolute Gasteiger partial charge is 0.306 e. The van der Waals surface area contributed by atoms with Gasteiger partial charge >= 0.3 is 5.91 Å². The maximum absolute atomic E-state index is 12.9. The van der Waals surface area contributed by atoms with E-state index < -0.39 is 17.9 Å². The minimum Gasteiger partial charge on any atom is -0.270 e. The molecule has 1 aliphatic rings. The van der Waals surface area contributed by atoms with E-state index in [-0.39, 0.29) is 29.0 Å². The summed E-state index contributed by atoms with van der Waals surface area (Å²) in [6, 6.07) is 14.3. The molecule has 11 heteroatoms. The molecule has 1 unspecified atom stereocenters. The zero-order valence-electron chi connectivity index (χ0n) is 18.8. The van der Waals surface area contributed by atoms with Crippen molar-refractivity contribution in [2.24, 2.45) is 4.99 Å². The van der Waals surface area contributed by atoms with E-state index in [4.69, 9.17) is 0 Å². The predicted octanol–water partition coefficient (Wildman–Crippen LogP) is 1.08. The second-order valence-electron chi connectivity index (χ2n) is 7.92. The molecule has 0 spiro atoms. The van der Waals surface area contributed by atoms with Gasteiger partial charge in [0.1, 0.15) is 6.04 Å². The van der Waals surface area contributed by atoms with Gasteiger partial charge in [-0.25, -0.2) is 14.7 Å². The van der Waals surface area contributed by atoms with Crippen LogP contribution in [0.5, 0.6) is 0 Å². The van der Waals surface area contributed by atoms with Crippen molar-refractivity contribution in [2.45, 2.75) is 32.9 Å². The van der Waals surface area contributed by atoms with Crippen LogP contribution in [-0.4, -0.2) is 39.4 Å². The van der Waals surface area contributed by atoms with Gasteiger partial charge < -0.3 is 0 Å². The lowest BCUT2D eigenvalue weighted by Gasteiger charge is -2.30. The van der Waals surface area contributed by atoms with Crippen molar-refractivity contribution < 1.29 is 14.4 Å². The SMILES string of the molecule is CC1N=C(C(=O)NNC(=O)c2nn(C(C)C)c(=O)c3ccccc23)NN(c2ccccc2)C1=O. The van der Waals surface area contributed by atoms with E-state index in [1.165, 1.54) is 9.69 Å². The molecule has 1 aliphatic heterocycles. The number of amides is 3. The number of benzene rings is 2. The monoisotopic (exact) mass is 461 g/mol. The van der Waals surface area contributed by atoms with Gasteiger partial charge in [0.25, 0.3) is 17.4 Å². The summed E-state index contributed by atoms with van der Waals surface area (Å²) < 4.78 is 1.22.